The second kappa shape index (κ2) is 11.5. The van der Waals surface area contributed by atoms with Gasteiger partial charge in [0.2, 0.25) is 17.7 Å². The smallest absolute Gasteiger partial charge is 0.242 e. The lowest BCUT2D eigenvalue weighted by Crippen LogP contribution is -2.39. The molecule has 2 N–H and O–H groups in total. The Bertz CT molecular complexity index is 977. The van der Waals surface area contributed by atoms with Gasteiger partial charge in [0.1, 0.15) is 0 Å². The predicted octanol–water partition coefficient (Wildman–Crippen LogP) is 3.12. The summed E-state index contributed by atoms with van der Waals surface area (Å²) in [5.74, 6) is -0.132. The molecule has 2 aromatic carbocycles. The van der Waals surface area contributed by atoms with Crippen LogP contribution in [0, 0.1) is 0 Å². The first kappa shape index (κ1) is 24.3. The van der Waals surface area contributed by atoms with E-state index in [2.05, 4.69) is 16.7 Å². The molecule has 0 saturated carbocycles. The maximum absolute atomic E-state index is 12.5. The molecule has 0 unspecified atom stereocenters. The monoisotopic (exact) mass is 450 g/mol. The first-order valence-electron chi connectivity index (χ1n) is 11.6. The number of rotatable bonds is 8. The van der Waals surface area contributed by atoms with Gasteiger partial charge in [-0.1, -0.05) is 42.5 Å². The number of amides is 3. The van der Waals surface area contributed by atoms with Crippen molar-refractivity contribution in [3.8, 4) is 0 Å². The fraction of sp³-hybridized carbons (Fsp3) is 0.423. The van der Waals surface area contributed by atoms with E-state index in [-0.39, 0.29) is 30.3 Å². The highest BCUT2D eigenvalue weighted by molar-refractivity contribution is 5.85. The zero-order chi connectivity index (χ0) is 23.8. The van der Waals surface area contributed by atoms with E-state index >= 15 is 0 Å². The van der Waals surface area contributed by atoms with Gasteiger partial charge >= 0.3 is 0 Å². The molecule has 33 heavy (non-hydrogen) atoms. The minimum atomic E-state index is -0.153. The van der Waals surface area contributed by atoms with E-state index in [1.807, 2.05) is 61.2 Å². The van der Waals surface area contributed by atoms with E-state index in [9.17, 15) is 14.4 Å². The van der Waals surface area contributed by atoms with Gasteiger partial charge in [0, 0.05) is 45.2 Å². The third kappa shape index (κ3) is 6.57. The van der Waals surface area contributed by atoms with Gasteiger partial charge in [-0.05, 0) is 43.0 Å². The molecule has 0 radical (unpaired) electrons. The first-order chi connectivity index (χ1) is 15.9. The van der Waals surface area contributed by atoms with Crippen LogP contribution in [-0.4, -0.2) is 54.2 Å². The van der Waals surface area contributed by atoms with Crippen molar-refractivity contribution < 1.29 is 14.4 Å². The van der Waals surface area contributed by atoms with Crippen molar-refractivity contribution in [2.75, 3.05) is 32.0 Å². The van der Waals surface area contributed by atoms with Gasteiger partial charge in [-0.25, -0.2) is 0 Å². The Kier molecular flexibility index (Phi) is 8.46. The van der Waals surface area contributed by atoms with Gasteiger partial charge < -0.3 is 20.4 Å². The van der Waals surface area contributed by atoms with Crippen LogP contribution in [0.4, 0.5) is 5.69 Å². The van der Waals surface area contributed by atoms with Crippen molar-refractivity contribution in [1.29, 1.82) is 0 Å². The largest absolute Gasteiger partial charge is 0.384 e. The van der Waals surface area contributed by atoms with Gasteiger partial charge in [0.05, 0.1) is 12.6 Å². The lowest BCUT2D eigenvalue weighted by atomic mass is 10.0. The minimum Gasteiger partial charge on any atom is -0.384 e. The Morgan fingerprint density at radius 1 is 1.18 bits per heavy atom. The van der Waals surface area contributed by atoms with Crippen molar-refractivity contribution in [1.82, 2.24) is 15.1 Å². The SMILES string of the molecule is CCN1Cc2cc(CCC(=O)NCC(=O)N(C)[C@H](C)c3ccccc3)ccc2NCCC1=O. The van der Waals surface area contributed by atoms with Crippen LogP contribution in [0.15, 0.2) is 48.5 Å². The van der Waals surface area contributed by atoms with Crippen LogP contribution in [-0.2, 0) is 27.3 Å². The van der Waals surface area contributed by atoms with Crippen molar-refractivity contribution in [2.24, 2.45) is 0 Å². The van der Waals surface area contributed by atoms with Gasteiger partial charge in [0.25, 0.3) is 0 Å². The highest BCUT2D eigenvalue weighted by atomic mass is 16.2. The fourth-order valence-corrected chi connectivity index (χ4v) is 3.97. The second-order valence-corrected chi connectivity index (χ2v) is 8.44. The number of nitrogens with zero attached hydrogens (tertiary/aromatic N) is 2. The molecule has 1 heterocycles. The summed E-state index contributed by atoms with van der Waals surface area (Å²) in [7, 11) is 1.75. The molecule has 1 aliphatic heterocycles. The van der Waals surface area contributed by atoms with Crippen LogP contribution in [0.1, 0.15) is 49.4 Å². The summed E-state index contributed by atoms with van der Waals surface area (Å²) in [5.41, 5.74) is 4.19. The van der Waals surface area contributed by atoms with Gasteiger partial charge in [0.15, 0.2) is 0 Å². The average Bonchev–Trinajstić information content (AvgIpc) is 2.83. The van der Waals surface area contributed by atoms with E-state index in [0.29, 0.717) is 38.9 Å². The van der Waals surface area contributed by atoms with Crippen molar-refractivity contribution in [2.45, 2.75) is 45.7 Å². The standard InChI is InChI=1S/C26H34N4O3/c1-4-30-18-22-16-20(10-12-23(22)27-15-14-25(30)32)11-13-24(31)28-17-26(33)29(3)19(2)21-8-6-5-7-9-21/h5-10,12,16,19,27H,4,11,13-15,17-18H2,1-3H3,(H,28,31)/t19-/m1/s1. The summed E-state index contributed by atoms with van der Waals surface area (Å²) in [6, 6.07) is 15.8. The van der Waals surface area contributed by atoms with Crippen LogP contribution in [0.3, 0.4) is 0 Å². The number of benzene rings is 2. The molecule has 0 fully saturated rings. The molecule has 176 valence electrons. The van der Waals surface area contributed by atoms with E-state index in [1.54, 1.807) is 11.9 Å². The van der Waals surface area contributed by atoms with Gasteiger partial charge in [-0.15, -0.1) is 0 Å². The fourth-order valence-electron chi connectivity index (χ4n) is 3.97. The summed E-state index contributed by atoms with van der Waals surface area (Å²) in [4.78, 5) is 40.6. The Morgan fingerprint density at radius 3 is 2.67 bits per heavy atom. The van der Waals surface area contributed by atoms with E-state index in [4.69, 9.17) is 0 Å². The topological polar surface area (TPSA) is 81.8 Å². The van der Waals surface area contributed by atoms with Crippen LogP contribution >= 0.6 is 0 Å². The molecule has 0 bridgehead atoms. The molecule has 0 saturated heterocycles. The summed E-state index contributed by atoms with van der Waals surface area (Å²) < 4.78 is 0. The molecule has 7 heteroatoms. The Morgan fingerprint density at radius 2 is 1.94 bits per heavy atom. The summed E-state index contributed by atoms with van der Waals surface area (Å²) in [6.45, 7) is 5.80. The Hall–Kier alpha value is -3.35. The molecule has 0 spiro atoms. The average molecular weight is 451 g/mol. The summed E-state index contributed by atoms with van der Waals surface area (Å²) >= 11 is 0. The van der Waals surface area contributed by atoms with Crippen LogP contribution in [0.25, 0.3) is 0 Å². The first-order valence-corrected chi connectivity index (χ1v) is 11.6. The Balaban J connectivity index is 1.50. The number of anilines is 1. The van der Waals surface area contributed by atoms with Crippen LogP contribution in [0.2, 0.25) is 0 Å². The zero-order valence-corrected chi connectivity index (χ0v) is 19.8. The molecule has 0 aliphatic carbocycles. The van der Waals surface area contributed by atoms with Gasteiger partial charge in [-0.2, -0.15) is 0 Å². The summed E-state index contributed by atoms with van der Waals surface area (Å²) in [5, 5.41) is 6.07. The Labute approximate surface area is 196 Å². The molecule has 2 aromatic rings. The normalized spacial score (nSPS) is 14.4. The molecular formula is C26H34N4O3. The van der Waals surface area contributed by atoms with Crippen LogP contribution in [0.5, 0.6) is 0 Å². The molecule has 3 rings (SSSR count). The lowest BCUT2D eigenvalue weighted by Gasteiger charge is -2.26. The number of aryl methyl sites for hydroxylation is 1. The lowest BCUT2D eigenvalue weighted by molar-refractivity contribution is -0.133. The molecule has 0 aromatic heterocycles. The number of carbonyl (C=O) groups excluding carboxylic acids is 3. The van der Waals surface area contributed by atoms with Crippen molar-refractivity contribution in [3.05, 3.63) is 65.2 Å². The number of carbonyl (C=O) groups is 3. The molecular weight excluding hydrogens is 416 g/mol. The quantitative estimate of drug-likeness (QED) is 0.648. The van der Waals surface area contributed by atoms with Crippen molar-refractivity contribution >= 4 is 23.4 Å². The molecule has 3 amide bonds. The number of hydrogen-bond donors (Lipinski definition) is 2. The van der Waals surface area contributed by atoms with E-state index in [0.717, 1.165) is 22.4 Å². The second-order valence-electron chi connectivity index (χ2n) is 8.44. The van der Waals surface area contributed by atoms with Crippen molar-refractivity contribution in [3.63, 3.8) is 0 Å². The van der Waals surface area contributed by atoms with E-state index in [1.165, 1.54) is 0 Å². The molecule has 1 aliphatic rings. The number of likely N-dealkylation sites (N-methyl/N-ethyl adjacent to an activating group) is 1. The summed E-state index contributed by atoms with van der Waals surface area (Å²) in [6.07, 6.45) is 1.37. The highest BCUT2D eigenvalue weighted by Crippen LogP contribution is 2.23. The maximum atomic E-state index is 12.5. The van der Waals surface area contributed by atoms with E-state index < -0.39 is 0 Å². The highest BCUT2D eigenvalue weighted by Gasteiger charge is 2.19. The third-order valence-electron chi connectivity index (χ3n) is 6.25. The van der Waals surface area contributed by atoms with Crippen LogP contribution < -0.4 is 10.6 Å². The molecule has 1 atom stereocenters. The van der Waals surface area contributed by atoms with Gasteiger partial charge in [-0.3, -0.25) is 14.4 Å². The third-order valence-corrected chi connectivity index (χ3v) is 6.25. The number of fused-ring (bicyclic) bond motifs is 1. The minimum absolute atomic E-state index is 0.0197. The number of hydrogen-bond acceptors (Lipinski definition) is 4. The number of nitrogens with one attached hydrogen (secondary N) is 2. The maximum Gasteiger partial charge on any atom is 0.242 e. The molecule has 7 nitrogen and oxygen atoms in total. The zero-order valence-electron chi connectivity index (χ0n) is 19.8. The predicted molar refractivity (Wildman–Crippen MR) is 130 cm³/mol.